The van der Waals surface area contributed by atoms with E-state index in [0.29, 0.717) is 13.0 Å². The lowest BCUT2D eigenvalue weighted by molar-refractivity contribution is -0.480. The molecule has 0 aliphatic heterocycles. The lowest BCUT2D eigenvalue weighted by Crippen LogP contribution is -2.06. The highest BCUT2D eigenvalue weighted by Crippen LogP contribution is 1.86. The van der Waals surface area contributed by atoms with Gasteiger partial charge in [0.05, 0.1) is 0 Å². The molecular formula is C5H8N4O2. The quantitative estimate of drug-likeness (QED) is 0.452. The molecule has 0 unspecified atom stereocenters. The molecule has 11 heavy (non-hydrogen) atoms. The van der Waals surface area contributed by atoms with Crippen LogP contribution < -0.4 is 0 Å². The lowest BCUT2D eigenvalue weighted by atomic mass is 10.4. The third-order valence-corrected chi connectivity index (χ3v) is 1.19. The SMILES string of the molecule is O=[N+]([O-])CCCn1cncn1. The summed E-state index contributed by atoms with van der Waals surface area (Å²) >= 11 is 0. The second-order valence-electron chi connectivity index (χ2n) is 2.07. The molecule has 0 radical (unpaired) electrons. The Labute approximate surface area is 63.0 Å². The molecule has 0 aliphatic rings. The molecule has 0 N–H and O–H groups in total. The average molecular weight is 156 g/mol. The Kier molecular flexibility index (Phi) is 2.53. The first-order valence-electron chi connectivity index (χ1n) is 3.23. The van der Waals surface area contributed by atoms with E-state index < -0.39 is 0 Å². The maximum Gasteiger partial charge on any atom is 0.205 e. The van der Waals surface area contributed by atoms with E-state index in [9.17, 15) is 10.1 Å². The summed E-state index contributed by atoms with van der Waals surface area (Å²) in [6, 6.07) is 0. The zero-order chi connectivity index (χ0) is 8.10. The molecule has 0 aromatic carbocycles. The fourth-order valence-corrected chi connectivity index (χ4v) is 0.710. The summed E-state index contributed by atoms with van der Waals surface area (Å²) in [5.41, 5.74) is 0. The average Bonchev–Trinajstić information content (AvgIpc) is 2.39. The van der Waals surface area contributed by atoms with Crippen molar-refractivity contribution in [1.29, 1.82) is 0 Å². The van der Waals surface area contributed by atoms with Crippen molar-refractivity contribution in [2.75, 3.05) is 6.54 Å². The van der Waals surface area contributed by atoms with Crippen LogP contribution in [-0.4, -0.2) is 26.2 Å². The molecule has 6 nitrogen and oxygen atoms in total. The van der Waals surface area contributed by atoms with Gasteiger partial charge in [-0.25, -0.2) is 4.98 Å². The van der Waals surface area contributed by atoms with Gasteiger partial charge in [0.25, 0.3) is 0 Å². The molecule has 0 atom stereocenters. The highest BCUT2D eigenvalue weighted by Gasteiger charge is 1.97. The van der Waals surface area contributed by atoms with Crippen molar-refractivity contribution in [3.63, 3.8) is 0 Å². The summed E-state index contributed by atoms with van der Waals surface area (Å²) < 4.78 is 1.57. The fraction of sp³-hybridized carbons (Fsp3) is 0.600. The Balaban J connectivity index is 2.19. The van der Waals surface area contributed by atoms with Crippen LogP contribution in [0, 0.1) is 10.1 Å². The molecule has 1 rings (SSSR count). The Morgan fingerprint density at radius 3 is 3.00 bits per heavy atom. The maximum absolute atomic E-state index is 9.89. The van der Waals surface area contributed by atoms with Crippen molar-refractivity contribution in [3.8, 4) is 0 Å². The second kappa shape index (κ2) is 3.65. The number of aromatic nitrogens is 3. The summed E-state index contributed by atoms with van der Waals surface area (Å²) in [6.07, 6.45) is 3.45. The molecule has 0 fully saturated rings. The maximum atomic E-state index is 9.89. The normalized spacial score (nSPS) is 9.82. The van der Waals surface area contributed by atoms with E-state index in [4.69, 9.17) is 0 Å². The summed E-state index contributed by atoms with van der Waals surface area (Å²) in [5, 5.41) is 13.7. The third-order valence-electron chi connectivity index (χ3n) is 1.19. The molecule has 0 saturated heterocycles. The Hall–Kier alpha value is -1.46. The number of aryl methyl sites for hydroxylation is 1. The van der Waals surface area contributed by atoms with E-state index >= 15 is 0 Å². The van der Waals surface area contributed by atoms with Gasteiger partial charge in [-0.05, 0) is 0 Å². The van der Waals surface area contributed by atoms with E-state index in [-0.39, 0.29) is 11.5 Å². The highest BCUT2D eigenvalue weighted by atomic mass is 16.6. The molecule has 1 heterocycles. The number of hydrogen-bond donors (Lipinski definition) is 0. The van der Waals surface area contributed by atoms with Gasteiger partial charge < -0.3 is 0 Å². The summed E-state index contributed by atoms with van der Waals surface area (Å²) in [4.78, 5) is 13.3. The first-order valence-corrected chi connectivity index (χ1v) is 3.23. The third kappa shape index (κ3) is 2.74. The van der Waals surface area contributed by atoms with Crippen LogP contribution in [0.5, 0.6) is 0 Å². The molecule has 0 aliphatic carbocycles. The molecule has 0 amide bonds. The van der Waals surface area contributed by atoms with Gasteiger partial charge in [0.2, 0.25) is 6.54 Å². The van der Waals surface area contributed by atoms with Crippen molar-refractivity contribution in [3.05, 3.63) is 22.8 Å². The zero-order valence-electron chi connectivity index (χ0n) is 5.88. The second-order valence-corrected chi connectivity index (χ2v) is 2.07. The van der Waals surface area contributed by atoms with Crippen LogP contribution in [0.1, 0.15) is 6.42 Å². The van der Waals surface area contributed by atoms with Crippen LogP contribution in [0.15, 0.2) is 12.7 Å². The van der Waals surface area contributed by atoms with Gasteiger partial charge in [-0.1, -0.05) is 0 Å². The monoisotopic (exact) mass is 156 g/mol. The minimum absolute atomic E-state index is 0.0140. The van der Waals surface area contributed by atoms with Gasteiger partial charge in [-0.2, -0.15) is 5.10 Å². The van der Waals surface area contributed by atoms with Gasteiger partial charge in [0.1, 0.15) is 12.7 Å². The van der Waals surface area contributed by atoms with Crippen LogP contribution >= 0.6 is 0 Å². The van der Waals surface area contributed by atoms with Crippen molar-refractivity contribution < 1.29 is 4.92 Å². The Morgan fingerprint density at radius 2 is 2.45 bits per heavy atom. The highest BCUT2D eigenvalue weighted by molar-refractivity contribution is 4.55. The van der Waals surface area contributed by atoms with Crippen molar-refractivity contribution in [2.45, 2.75) is 13.0 Å². The Bertz CT molecular complexity index is 220. The van der Waals surface area contributed by atoms with Crippen LogP contribution in [0.3, 0.4) is 0 Å². The molecule has 6 heteroatoms. The molecule has 0 spiro atoms. The largest absolute Gasteiger partial charge is 0.265 e. The molecule has 1 aromatic rings. The number of nitro groups is 1. The molecule has 0 saturated carbocycles. The fourth-order valence-electron chi connectivity index (χ4n) is 0.710. The number of rotatable bonds is 4. The van der Waals surface area contributed by atoms with Crippen LogP contribution in [0.2, 0.25) is 0 Å². The lowest BCUT2D eigenvalue weighted by Gasteiger charge is -1.94. The van der Waals surface area contributed by atoms with Crippen LogP contribution in [-0.2, 0) is 6.54 Å². The molecule has 60 valence electrons. The van der Waals surface area contributed by atoms with Crippen LogP contribution in [0.25, 0.3) is 0 Å². The predicted molar refractivity (Wildman–Crippen MR) is 36.5 cm³/mol. The first-order chi connectivity index (χ1) is 5.29. The molecular weight excluding hydrogens is 148 g/mol. The van der Waals surface area contributed by atoms with E-state index in [1.54, 1.807) is 11.0 Å². The number of nitrogens with zero attached hydrogens (tertiary/aromatic N) is 4. The first kappa shape index (κ1) is 7.64. The van der Waals surface area contributed by atoms with Crippen molar-refractivity contribution in [2.24, 2.45) is 0 Å². The van der Waals surface area contributed by atoms with Gasteiger partial charge in [-0.15, -0.1) is 0 Å². The topological polar surface area (TPSA) is 73.8 Å². The molecule has 1 aromatic heterocycles. The van der Waals surface area contributed by atoms with Crippen LogP contribution in [0.4, 0.5) is 0 Å². The zero-order valence-corrected chi connectivity index (χ0v) is 5.88. The number of hydrogen-bond acceptors (Lipinski definition) is 4. The van der Waals surface area contributed by atoms with E-state index in [1.165, 1.54) is 6.33 Å². The minimum Gasteiger partial charge on any atom is -0.265 e. The predicted octanol–water partition coefficient (Wildman–Crippen LogP) is -0.0551. The Morgan fingerprint density at radius 1 is 1.64 bits per heavy atom. The molecule has 0 bridgehead atoms. The van der Waals surface area contributed by atoms with Crippen molar-refractivity contribution >= 4 is 0 Å². The van der Waals surface area contributed by atoms with Gasteiger partial charge in [0, 0.05) is 17.9 Å². The van der Waals surface area contributed by atoms with Gasteiger partial charge in [-0.3, -0.25) is 14.8 Å². The smallest absolute Gasteiger partial charge is 0.205 e. The van der Waals surface area contributed by atoms with Gasteiger partial charge >= 0.3 is 0 Å². The summed E-state index contributed by atoms with van der Waals surface area (Å²) in [7, 11) is 0. The summed E-state index contributed by atoms with van der Waals surface area (Å²) in [5.74, 6) is 0. The van der Waals surface area contributed by atoms with Crippen molar-refractivity contribution in [1.82, 2.24) is 14.8 Å². The van der Waals surface area contributed by atoms with E-state index in [1.807, 2.05) is 0 Å². The van der Waals surface area contributed by atoms with E-state index in [0.717, 1.165) is 0 Å². The minimum atomic E-state index is -0.336. The van der Waals surface area contributed by atoms with E-state index in [2.05, 4.69) is 10.1 Å². The van der Waals surface area contributed by atoms with Gasteiger partial charge in [0.15, 0.2) is 0 Å². The standard InChI is InChI=1S/C5H8N4O2/c10-9(11)3-1-2-8-5-6-4-7-8/h4-5H,1-3H2. The summed E-state index contributed by atoms with van der Waals surface area (Å²) in [6.45, 7) is 0.542.